The maximum Gasteiger partial charge on any atom is 0.310 e. The first-order valence-corrected chi connectivity index (χ1v) is 5.42. The Labute approximate surface area is 84.1 Å². The lowest BCUT2D eigenvalue weighted by Gasteiger charge is -2.52. The van der Waals surface area contributed by atoms with Crippen LogP contribution in [0.1, 0.15) is 45.4 Å². The molecule has 0 spiro atoms. The molecule has 0 amide bonds. The van der Waals surface area contributed by atoms with E-state index in [1.165, 1.54) is 0 Å². The van der Waals surface area contributed by atoms with Crippen molar-refractivity contribution in [1.82, 2.24) is 0 Å². The third-order valence-corrected chi connectivity index (χ3v) is 3.96. The van der Waals surface area contributed by atoms with E-state index < -0.39 is 17.0 Å². The summed E-state index contributed by atoms with van der Waals surface area (Å²) in [7, 11) is 0. The van der Waals surface area contributed by atoms with Crippen molar-refractivity contribution in [1.29, 1.82) is 0 Å². The molecule has 2 rings (SSSR count). The molecule has 0 aromatic heterocycles. The van der Waals surface area contributed by atoms with Crippen molar-refractivity contribution in [3.63, 3.8) is 0 Å². The molecule has 2 saturated carbocycles. The van der Waals surface area contributed by atoms with Crippen LogP contribution < -0.4 is 0 Å². The van der Waals surface area contributed by atoms with Crippen molar-refractivity contribution >= 4 is 5.97 Å². The van der Waals surface area contributed by atoms with Crippen molar-refractivity contribution in [3.05, 3.63) is 0 Å². The van der Waals surface area contributed by atoms with Gasteiger partial charge in [0.2, 0.25) is 0 Å². The Kier molecular flexibility index (Phi) is 2.11. The van der Waals surface area contributed by atoms with E-state index in [2.05, 4.69) is 0 Å². The Balaban J connectivity index is 2.13. The van der Waals surface area contributed by atoms with Crippen LogP contribution in [0, 0.1) is 11.3 Å². The van der Waals surface area contributed by atoms with Gasteiger partial charge in [-0.1, -0.05) is 12.8 Å². The molecule has 2 aliphatic carbocycles. The van der Waals surface area contributed by atoms with Crippen LogP contribution in [0.25, 0.3) is 0 Å². The van der Waals surface area contributed by atoms with Gasteiger partial charge in [-0.05, 0) is 38.5 Å². The monoisotopic (exact) mass is 198 g/mol. The van der Waals surface area contributed by atoms with Crippen molar-refractivity contribution in [2.45, 2.75) is 51.0 Å². The van der Waals surface area contributed by atoms with Crippen molar-refractivity contribution in [2.75, 3.05) is 0 Å². The summed E-state index contributed by atoms with van der Waals surface area (Å²) < 4.78 is 0. The maximum absolute atomic E-state index is 11.3. The van der Waals surface area contributed by atoms with Gasteiger partial charge in [-0.3, -0.25) is 4.79 Å². The molecule has 0 radical (unpaired) electrons. The van der Waals surface area contributed by atoms with Gasteiger partial charge >= 0.3 is 5.97 Å². The summed E-state index contributed by atoms with van der Waals surface area (Å²) in [6.45, 7) is 1.74. The third kappa shape index (κ3) is 1.34. The van der Waals surface area contributed by atoms with Gasteiger partial charge in [-0.25, -0.2) is 0 Å². The summed E-state index contributed by atoms with van der Waals surface area (Å²) >= 11 is 0. The molecule has 0 aromatic rings. The fourth-order valence-corrected chi connectivity index (χ4v) is 3.40. The van der Waals surface area contributed by atoms with E-state index in [0.29, 0.717) is 18.8 Å². The number of rotatable bonds is 2. The molecule has 0 atom stereocenters. The van der Waals surface area contributed by atoms with Crippen LogP contribution in [0.5, 0.6) is 0 Å². The van der Waals surface area contributed by atoms with Gasteiger partial charge in [0.15, 0.2) is 0 Å². The first-order valence-electron chi connectivity index (χ1n) is 5.42. The molecule has 2 N–H and O–H groups in total. The smallest absolute Gasteiger partial charge is 0.310 e. The minimum Gasteiger partial charge on any atom is -0.481 e. The highest BCUT2D eigenvalue weighted by Gasteiger charge is 2.60. The van der Waals surface area contributed by atoms with E-state index in [1.54, 1.807) is 6.92 Å². The Morgan fingerprint density at radius 3 is 2.14 bits per heavy atom. The molecule has 2 aliphatic rings. The van der Waals surface area contributed by atoms with Crippen molar-refractivity contribution in [3.8, 4) is 0 Å². The summed E-state index contributed by atoms with van der Waals surface area (Å²) in [5.74, 6) is -0.392. The molecule has 80 valence electrons. The molecule has 14 heavy (non-hydrogen) atoms. The van der Waals surface area contributed by atoms with Gasteiger partial charge in [0.1, 0.15) is 0 Å². The fourth-order valence-electron chi connectivity index (χ4n) is 3.40. The molecule has 0 aliphatic heterocycles. The summed E-state index contributed by atoms with van der Waals surface area (Å²) in [6.07, 6.45) is 5.26. The molecule has 3 nitrogen and oxygen atoms in total. The minimum atomic E-state index is -0.735. The lowest BCUT2D eigenvalue weighted by molar-refractivity contribution is -0.188. The van der Waals surface area contributed by atoms with E-state index in [9.17, 15) is 15.0 Å². The molecule has 0 aromatic carbocycles. The van der Waals surface area contributed by atoms with Gasteiger partial charge < -0.3 is 10.2 Å². The molecular formula is C11H18O3. The zero-order chi connectivity index (χ0) is 10.4. The van der Waals surface area contributed by atoms with Crippen LogP contribution >= 0.6 is 0 Å². The molecular weight excluding hydrogens is 180 g/mol. The highest BCUT2D eigenvalue weighted by Crippen LogP contribution is 2.57. The van der Waals surface area contributed by atoms with E-state index in [1.807, 2.05) is 0 Å². The third-order valence-electron chi connectivity index (χ3n) is 3.96. The zero-order valence-electron chi connectivity index (χ0n) is 8.62. The van der Waals surface area contributed by atoms with Crippen LogP contribution in [0.2, 0.25) is 0 Å². The Bertz CT molecular complexity index is 243. The number of hydrogen-bond acceptors (Lipinski definition) is 2. The van der Waals surface area contributed by atoms with E-state index in [4.69, 9.17) is 0 Å². The summed E-state index contributed by atoms with van der Waals surface area (Å²) in [5, 5.41) is 19.0. The topological polar surface area (TPSA) is 57.5 Å². The first kappa shape index (κ1) is 9.97. The normalized spacial score (nSPS) is 43.6. The lowest BCUT2D eigenvalue weighted by atomic mass is 9.53. The van der Waals surface area contributed by atoms with E-state index >= 15 is 0 Å². The average Bonchev–Trinajstić information content (AvgIpc) is 2.50. The second-order valence-corrected chi connectivity index (χ2v) is 5.29. The van der Waals surface area contributed by atoms with Crippen LogP contribution in [0.3, 0.4) is 0 Å². The van der Waals surface area contributed by atoms with E-state index in [0.717, 1.165) is 25.7 Å². The second kappa shape index (κ2) is 2.96. The quantitative estimate of drug-likeness (QED) is 0.711. The molecule has 0 bridgehead atoms. The summed E-state index contributed by atoms with van der Waals surface area (Å²) in [4.78, 5) is 11.3. The van der Waals surface area contributed by atoms with Crippen molar-refractivity contribution in [2.24, 2.45) is 11.3 Å². The molecule has 0 unspecified atom stereocenters. The van der Waals surface area contributed by atoms with Gasteiger partial charge in [-0.15, -0.1) is 0 Å². The minimum absolute atomic E-state index is 0.306. The SMILES string of the molecule is CC1(O)CC(C(=O)O)(C2CCCC2)C1. The number of carboxylic acid groups (broad SMARTS) is 1. The largest absolute Gasteiger partial charge is 0.481 e. The standard InChI is InChI=1S/C11H18O3/c1-10(14)6-11(7-10,9(12)13)8-4-2-3-5-8/h8,14H,2-7H2,1H3,(H,12,13). The predicted octanol–water partition coefficient (Wildman–Crippen LogP) is 1.79. The van der Waals surface area contributed by atoms with Gasteiger partial charge in [0.05, 0.1) is 11.0 Å². The zero-order valence-corrected chi connectivity index (χ0v) is 8.62. The Morgan fingerprint density at radius 2 is 1.79 bits per heavy atom. The van der Waals surface area contributed by atoms with Gasteiger partial charge in [0, 0.05) is 0 Å². The number of carboxylic acids is 1. The number of carbonyl (C=O) groups is 1. The number of aliphatic carboxylic acids is 1. The molecule has 3 heteroatoms. The van der Waals surface area contributed by atoms with Crippen molar-refractivity contribution < 1.29 is 15.0 Å². The van der Waals surface area contributed by atoms with Crippen LogP contribution in [-0.2, 0) is 4.79 Å². The number of aliphatic hydroxyl groups is 1. The summed E-state index contributed by atoms with van der Waals surface area (Å²) in [5.41, 5.74) is -1.33. The molecule has 2 fully saturated rings. The van der Waals surface area contributed by atoms with Crippen LogP contribution in [-0.4, -0.2) is 21.8 Å². The fraction of sp³-hybridized carbons (Fsp3) is 0.909. The number of hydrogen-bond donors (Lipinski definition) is 2. The molecule has 0 saturated heterocycles. The first-order chi connectivity index (χ1) is 6.46. The average molecular weight is 198 g/mol. The van der Waals surface area contributed by atoms with Gasteiger partial charge in [-0.2, -0.15) is 0 Å². The molecule has 0 heterocycles. The van der Waals surface area contributed by atoms with Crippen LogP contribution in [0.4, 0.5) is 0 Å². The maximum atomic E-state index is 11.3. The Hall–Kier alpha value is -0.570. The summed E-state index contributed by atoms with van der Waals surface area (Å²) in [6, 6.07) is 0. The highest BCUT2D eigenvalue weighted by atomic mass is 16.4. The Morgan fingerprint density at radius 1 is 1.29 bits per heavy atom. The lowest BCUT2D eigenvalue weighted by Crippen LogP contribution is -2.57. The van der Waals surface area contributed by atoms with Crippen LogP contribution in [0.15, 0.2) is 0 Å². The second-order valence-electron chi connectivity index (χ2n) is 5.29. The highest BCUT2D eigenvalue weighted by molar-refractivity contribution is 5.77. The van der Waals surface area contributed by atoms with Gasteiger partial charge in [0.25, 0.3) is 0 Å². The van der Waals surface area contributed by atoms with E-state index in [-0.39, 0.29) is 0 Å². The predicted molar refractivity (Wildman–Crippen MR) is 51.9 cm³/mol.